The quantitative estimate of drug-likeness (QED) is 0.467. The molecule has 1 aliphatic heterocycles. The molecule has 1 fully saturated rings. The van der Waals surface area contributed by atoms with Crippen LogP contribution in [-0.2, 0) is 14.8 Å². The molecule has 0 amide bonds. The van der Waals surface area contributed by atoms with Gasteiger partial charge in [0.15, 0.2) is 5.65 Å². The molecule has 1 aliphatic rings. The van der Waals surface area contributed by atoms with Gasteiger partial charge in [-0.05, 0) is 48.0 Å². The molecule has 3 N–H and O–H groups in total. The van der Waals surface area contributed by atoms with Crippen LogP contribution in [-0.4, -0.2) is 44.1 Å². The molecule has 0 aliphatic carbocycles. The third-order valence-corrected chi connectivity index (χ3v) is 6.54. The number of imidazole rings is 1. The van der Waals surface area contributed by atoms with Gasteiger partial charge in [0, 0.05) is 31.2 Å². The van der Waals surface area contributed by atoms with Gasteiger partial charge in [-0.2, -0.15) is 0 Å². The van der Waals surface area contributed by atoms with E-state index in [2.05, 4.69) is 10.3 Å². The number of nitrogens with two attached hydrogens (primary N) is 1. The van der Waals surface area contributed by atoms with Crippen molar-refractivity contribution in [2.75, 3.05) is 36.5 Å². The first-order valence-corrected chi connectivity index (χ1v) is 11.9. The zero-order valence-corrected chi connectivity index (χ0v) is 18.4. The van der Waals surface area contributed by atoms with E-state index in [4.69, 9.17) is 9.88 Å². The number of morpholine rings is 1. The molecule has 1 saturated heterocycles. The van der Waals surface area contributed by atoms with Crippen molar-refractivity contribution in [3.63, 3.8) is 0 Å². The Kier molecular flexibility index (Phi) is 5.49. The summed E-state index contributed by atoms with van der Waals surface area (Å²) in [5.74, 6) is -0.298. The summed E-state index contributed by atoms with van der Waals surface area (Å²) in [5.41, 5.74) is 4.16. The number of nitrogens with one attached hydrogen (secondary N) is 1. The first-order chi connectivity index (χ1) is 15.9. The summed E-state index contributed by atoms with van der Waals surface area (Å²) in [4.78, 5) is 6.47. The van der Waals surface area contributed by atoms with Crippen LogP contribution in [0.2, 0.25) is 0 Å². The molecule has 33 heavy (non-hydrogen) atoms. The number of ether oxygens (including phenoxy) is 1. The maximum absolute atomic E-state index is 14.8. The second kappa shape index (κ2) is 8.47. The first-order valence-electron chi connectivity index (χ1n) is 10.4. The third kappa shape index (κ3) is 4.28. The Morgan fingerprint density at radius 1 is 1.03 bits per heavy atom. The Hall–Kier alpha value is -3.47. The normalized spacial score (nSPS) is 14.5. The highest BCUT2D eigenvalue weighted by Crippen LogP contribution is 2.30. The van der Waals surface area contributed by atoms with E-state index in [1.165, 1.54) is 18.2 Å². The second-order valence-electron chi connectivity index (χ2n) is 7.71. The molecule has 2 aromatic heterocycles. The van der Waals surface area contributed by atoms with Crippen molar-refractivity contribution < 1.29 is 17.5 Å². The molecule has 170 valence electrons. The Balaban J connectivity index is 1.44. The van der Waals surface area contributed by atoms with Crippen LogP contribution >= 0.6 is 0 Å². The fourth-order valence-corrected chi connectivity index (χ4v) is 4.48. The van der Waals surface area contributed by atoms with Gasteiger partial charge >= 0.3 is 0 Å². The van der Waals surface area contributed by atoms with E-state index in [0.717, 1.165) is 11.3 Å². The van der Waals surface area contributed by atoms with Crippen molar-refractivity contribution in [3.05, 3.63) is 72.8 Å². The number of rotatable bonds is 5. The first kappa shape index (κ1) is 21.4. The SMILES string of the molecule is NS(=O)(=O)c1ccc(-c2ccc(Nc3ccc(N4CCOCC4)c(F)c3)c3nccn23)cc1. The largest absolute Gasteiger partial charge is 0.378 e. The number of halogens is 1. The lowest BCUT2D eigenvalue weighted by atomic mass is 10.1. The van der Waals surface area contributed by atoms with Crippen molar-refractivity contribution in [3.8, 4) is 11.3 Å². The average molecular weight is 468 g/mol. The zero-order valence-electron chi connectivity index (χ0n) is 17.6. The number of nitrogens with zero attached hydrogens (tertiary/aromatic N) is 3. The zero-order chi connectivity index (χ0) is 23.0. The van der Waals surface area contributed by atoms with Crippen LogP contribution in [0.4, 0.5) is 21.5 Å². The Bertz CT molecular complexity index is 1410. The van der Waals surface area contributed by atoms with Crippen LogP contribution < -0.4 is 15.4 Å². The molecule has 10 heteroatoms. The Morgan fingerprint density at radius 3 is 2.48 bits per heavy atom. The predicted octanol–water partition coefficient (Wildman–Crippen LogP) is 3.37. The maximum Gasteiger partial charge on any atom is 0.238 e. The minimum atomic E-state index is -3.76. The van der Waals surface area contributed by atoms with Gasteiger partial charge in [0.25, 0.3) is 0 Å². The third-order valence-electron chi connectivity index (χ3n) is 5.61. The number of primary sulfonamides is 1. The number of anilines is 3. The molecule has 3 heterocycles. The highest BCUT2D eigenvalue weighted by Gasteiger charge is 2.16. The molecule has 0 atom stereocenters. The molecule has 2 aromatic carbocycles. The number of pyridine rings is 1. The van der Waals surface area contributed by atoms with E-state index in [1.54, 1.807) is 24.4 Å². The van der Waals surface area contributed by atoms with Crippen molar-refractivity contribution in [1.82, 2.24) is 9.38 Å². The molecular weight excluding hydrogens is 445 g/mol. The fraction of sp³-hybridized carbons (Fsp3) is 0.174. The van der Waals surface area contributed by atoms with Crippen molar-refractivity contribution in [2.45, 2.75) is 4.90 Å². The van der Waals surface area contributed by atoms with Gasteiger partial charge in [-0.15, -0.1) is 0 Å². The van der Waals surface area contributed by atoms with Crippen molar-refractivity contribution >= 4 is 32.7 Å². The van der Waals surface area contributed by atoms with E-state index in [9.17, 15) is 12.8 Å². The summed E-state index contributed by atoms with van der Waals surface area (Å²) in [7, 11) is -3.76. The van der Waals surface area contributed by atoms with Crippen LogP contribution in [0.3, 0.4) is 0 Å². The second-order valence-corrected chi connectivity index (χ2v) is 9.27. The van der Waals surface area contributed by atoms with E-state index < -0.39 is 10.0 Å². The van der Waals surface area contributed by atoms with Crippen molar-refractivity contribution in [1.29, 1.82) is 0 Å². The van der Waals surface area contributed by atoms with Crippen molar-refractivity contribution in [2.24, 2.45) is 5.14 Å². The van der Waals surface area contributed by atoms with Crippen LogP contribution in [0.25, 0.3) is 16.9 Å². The minimum absolute atomic E-state index is 0.0500. The summed E-state index contributed by atoms with van der Waals surface area (Å²) in [6, 6.07) is 15.2. The molecule has 4 aromatic rings. The lowest BCUT2D eigenvalue weighted by Gasteiger charge is -2.29. The summed E-state index contributed by atoms with van der Waals surface area (Å²) < 4.78 is 45.1. The van der Waals surface area contributed by atoms with Crippen LogP contribution in [0, 0.1) is 5.82 Å². The number of hydrogen-bond donors (Lipinski definition) is 2. The Labute approximate surface area is 190 Å². The number of fused-ring (bicyclic) bond motifs is 1. The summed E-state index contributed by atoms with van der Waals surface area (Å²) in [6.45, 7) is 2.51. The minimum Gasteiger partial charge on any atom is -0.378 e. The summed E-state index contributed by atoms with van der Waals surface area (Å²) in [6.07, 6.45) is 3.48. The molecular formula is C23H22FN5O3S. The molecule has 0 unspecified atom stereocenters. The molecule has 0 spiro atoms. The van der Waals surface area contributed by atoms with Gasteiger partial charge in [0.05, 0.1) is 35.2 Å². The van der Waals surface area contributed by atoms with Gasteiger partial charge < -0.3 is 15.0 Å². The monoisotopic (exact) mass is 467 g/mol. The smallest absolute Gasteiger partial charge is 0.238 e. The molecule has 0 saturated carbocycles. The molecule has 5 rings (SSSR count). The van der Waals surface area contributed by atoms with E-state index in [-0.39, 0.29) is 10.7 Å². The molecule has 8 nitrogen and oxygen atoms in total. The lowest BCUT2D eigenvalue weighted by molar-refractivity contribution is 0.122. The topological polar surface area (TPSA) is 102 Å². The van der Waals surface area contributed by atoms with Crippen LogP contribution in [0.5, 0.6) is 0 Å². The van der Waals surface area contributed by atoms with Gasteiger partial charge in [-0.3, -0.25) is 4.40 Å². The predicted molar refractivity (Wildman–Crippen MR) is 125 cm³/mol. The van der Waals surface area contributed by atoms with E-state index in [0.29, 0.717) is 49.0 Å². The van der Waals surface area contributed by atoms with Gasteiger partial charge in [0.1, 0.15) is 5.82 Å². The van der Waals surface area contributed by atoms with Crippen LogP contribution in [0.15, 0.2) is 71.9 Å². The number of sulfonamides is 1. The van der Waals surface area contributed by atoms with Gasteiger partial charge in [0.2, 0.25) is 10.0 Å². The fourth-order valence-electron chi connectivity index (χ4n) is 3.96. The highest BCUT2D eigenvalue weighted by atomic mass is 32.2. The molecule has 0 radical (unpaired) electrons. The Morgan fingerprint density at radius 2 is 1.79 bits per heavy atom. The summed E-state index contributed by atoms with van der Waals surface area (Å²) >= 11 is 0. The van der Waals surface area contributed by atoms with Gasteiger partial charge in [-0.1, -0.05) is 12.1 Å². The summed E-state index contributed by atoms with van der Waals surface area (Å²) in [5, 5.41) is 8.44. The standard InChI is InChI=1S/C23H22FN5O3S/c24-19-15-17(3-7-22(19)28-11-13-32-14-12-28)27-20-6-8-21(29-10-9-26-23(20)29)16-1-4-18(5-2-16)33(25,30)31/h1-10,15,27H,11-14H2,(H2,25,30,31). The van der Waals surface area contributed by atoms with Crippen LogP contribution in [0.1, 0.15) is 0 Å². The average Bonchev–Trinajstić information content (AvgIpc) is 3.30. The van der Waals surface area contributed by atoms with E-state index >= 15 is 0 Å². The highest BCUT2D eigenvalue weighted by molar-refractivity contribution is 7.89. The molecule has 0 bridgehead atoms. The van der Waals surface area contributed by atoms with Gasteiger partial charge in [-0.25, -0.2) is 22.9 Å². The maximum atomic E-state index is 14.8. The number of aromatic nitrogens is 2. The number of hydrogen-bond acceptors (Lipinski definition) is 6. The van der Waals surface area contributed by atoms with E-state index in [1.807, 2.05) is 33.7 Å². The number of benzene rings is 2. The lowest BCUT2D eigenvalue weighted by Crippen LogP contribution is -2.36.